The Hall–Kier alpha value is -1.66. The van der Waals surface area contributed by atoms with Gasteiger partial charge in [0.1, 0.15) is 5.82 Å². The summed E-state index contributed by atoms with van der Waals surface area (Å²) in [4.78, 5) is 18.6. The number of benzene rings is 1. The van der Waals surface area contributed by atoms with Gasteiger partial charge in [0.2, 0.25) is 0 Å². The molecule has 0 unspecified atom stereocenters. The lowest BCUT2D eigenvalue weighted by atomic mass is 10.2. The maximum atomic E-state index is 14.1. The van der Waals surface area contributed by atoms with Gasteiger partial charge >= 0.3 is 0 Å². The van der Waals surface area contributed by atoms with Gasteiger partial charge in [0.15, 0.2) is 5.16 Å². The lowest BCUT2D eigenvalue weighted by molar-refractivity contribution is 0.595. The number of aryl methyl sites for hydroxylation is 1. The van der Waals surface area contributed by atoms with Crippen LogP contribution < -0.4 is 10.9 Å². The molecule has 6 heteroatoms. The van der Waals surface area contributed by atoms with Gasteiger partial charge in [0, 0.05) is 24.3 Å². The van der Waals surface area contributed by atoms with E-state index in [4.69, 9.17) is 0 Å². The van der Waals surface area contributed by atoms with Gasteiger partial charge in [0.05, 0.1) is 4.90 Å². The minimum Gasteiger partial charge on any atom is -0.310 e. The molecule has 1 saturated carbocycles. The molecular weight excluding hydrogens is 289 g/mol. The van der Waals surface area contributed by atoms with Crippen molar-refractivity contribution in [3.8, 4) is 0 Å². The number of aromatic nitrogens is 2. The minimum atomic E-state index is -0.292. The fourth-order valence-corrected chi connectivity index (χ4v) is 2.83. The highest BCUT2D eigenvalue weighted by atomic mass is 32.2. The molecule has 1 fully saturated rings. The normalized spacial score (nSPS) is 14.4. The average Bonchev–Trinajstić information content (AvgIpc) is 3.22. The molecule has 0 aliphatic heterocycles. The van der Waals surface area contributed by atoms with Crippen molar-refractivity contribution in [3.05, 3.63) is 51.7 Å². The van der Waals surface area contributed by atoms with Crippen molar-refractivity contribution in [2.24, 2.45) is 0 Å². The topological polar surface area (TPSA) is 57.8 Å². The Morgan fingerprint density at radius 1 is 1.43 bits per heavy atom. The number of hydrogen-bond acceptors (Lipinski definition) is 4. The zero-order valence-corrected chi connectivity index (χ0v) is 12.5. The molecule has 1 aliphatic rings. The highest BCUT2D eigenvalue weighted by Crippen LogP contribution is 2.27. The first kappa shape index (κ1) is 14.3. The van der Waals surface area contributed by atoms with Crippen LogP contribution in [-0.2, 0) is 6.54 Å². The van der Waals surface area contributed by atoms with Crippen molar-refractivity contribution in [2.75, 3.05) is 0 Å². The molecule has 2 aromatic rings. The maximum Gasteiger partial charge on any atom is 0.251 e. The van der Waals surface area contributed by atoms with Crippen molar-refractivity contribution in [2.45, 2.75) is 42.4 Å². The van der Waals surface area contributed by atoms with Gasteiger partial charge in [0.25, 0.3) is 5.56 Å². The Morgan fingerprint density at radius 3 is 2.90 bits per heavy atom. The van der Waals surface area contributed by atoms with Crippen molar-refractivity contribution in [1.82, 2.24) is 15.3 Å². The van der Waals surface area contributed by atoms with E-state index in [1.807, 2.05) is 6.07 Å². The number of nitrogens with zero attached hydrogens (tertiary/aromatic N) is 1. The van der Waals surface area contributed by atoms with E-state index in [2.05, 4.69) is 15.3 Å². The monoisotopic (exact) mass is 305 g/mol. The summed E-state index contributed by atoms with van der Waals surface area (Å²) in [5, 5.41) is 3.76. The SMILES string of the molecule is Cc1cc(=O)[nH]c(Sc2ccc(CNC3CC3)cc2F)n1. The Morgan fingerprint density at radius 2 is 2.24 bits per heavy atom. The highest BCUT2D eigenvalue weighted by molar-refractivity contribution is 7.99. The Balaban J connectivity index is 1.73. The zero-order chi connectivity index (χ0) is 14.8. The maximum absolute atomic E-state index is 14.1. The van der Waals surface area contributed by atoms with Crippen LogP contribution in [-0.4, -0.2) is 16.0 Å². The molecule has 0 radical (unpaired) electrons. The lowest BCUT2D eigenvalue weighted by Gasteiger charge is -2.07. The molecule has 2 N–H and O–H groups in total. The number of halogens is 1. The molecule has 110 valence electrons. The average molecular weight is 305 g/mol. The van der Waals surface area contributed by atoms with Gasteiger partial charge in [-0.25, -0.2) is 9.37 Å². The second-order valence-electron chi connectivity index (χ2n) is 5.21. The van der Waals surface area contributed by atoms with E-state index in [0.29, 0.717) is 28.3 Å². The molecule has 1 aliphatic carbocycles. The standard InChI is InChI=1S/C15H16FN3OS/c1-9-6-14(20)19-15(18-9)21-13-5-2-10(7-12(13)16)8-17-11-3-4-11/h2,5-7,11,17H,3-4,8H2,1H3,(H,18,19,20). The van der Waals surface area contributed by atoms with Crippen LogP contribution in [0.2, 0.25) is 0 Å². The summed E-state index contributed by atoms with van der Waals surface area (Å²) in [5.74, 6) is -0.292. The summed E-state index contributed by atoms with van der Waals surface area (Å²) in [6, 6.07) is 7.17. The first-order valence-electron chi connectivity index (χ1n) is 6.88. The molecule has 1 heterocycles. The van der Waals surface area contributed by atoms with Crippen molar-refractivity contribution in [3.63, 3.8) is 0 Å². The number of rotatable bonds is 5. The van der Waals surface area contributed by atoms with E-state index < -0.39 is 0 Å². The molecular formula is C15H16FN3OS. The van der Waals surface area contributed by atoms with Crippen LogP contribution in [0, 0.1) is 12.7 Å². The molecule has 4 nitrogen and oxygen atoms in total. The summed E-state index contributed by atoms with van der Waals surface area (Å²) in [6.45, 7) is 2.42. The number of aromatic amines is 1. The summed E-state index contributed by atoms with van der Waals surface area (Å²) >= 11 is 1.13. The fraction of sp³-hybridized carbons (Fsp3) is 0.333. The number of H-pyrrole nitrogens is 1. The van der Waals surface area contributed by atoms with Gasteiger partial charge in [-0.1, -0.05) is 6.07 Å². The van der Waals surface area contributed by atoms with Gasteiger partial charge in [-0.3, -0.25) is 4.79 Å². The molecule has 1 aromatic heterocycles. The molecule has 1 aromatic carbocycles. The summed E-state index contributed by atoms with van der Waals surface area (Å²) in [5.41, 5.74) is 1.32. The van der Waals surface area contributed by atoms with E-state index >= 15 is 0 Å². The zero-order valence-electron chi connectivity index (χ0n) is 11.6. The molecule has 3 rings (SSSR count). The fourth-order valence-electron chi connectivity index (χ4n) is 1.99. The molecule has 21 heavy (non-hydrogen) atoms. The Labute approximate surface area is 126 Å². The molecule has 0 amide bonds. The predicted octanol–water partition coefficient (Wildman–Crippen LogP) is 2.62. The van der Waals surface area contributed by atoms with E-state index in [1.54, 1.807) is 13.0 Å². The molecule has 0 spiro atoms. The first-order chi connectivity index (χ1) is 10.1. The number of hydrogen-bond donors (Lipinski definition) is 2. The number of nitrogens with one attached hydrogen (secondary N) is 2. The van der Waals surface area contributed by atoms with E-state index in [9.17, 15) is 9.18 Å². The quantitative estimate of drug-likeness (QED) is 0.834. The Bertz CT molecular complexity index is 712. The summed E-state index contributed by atoms with van der Waals surface area (Å²) in [7, 11) is 0. The predicted molar refractivity (Wildman–Crippen MR) is 80.0 cm³/mol. The van der Waals surface area contributed by atoms with E-state index in [-0.39, 0.29) is 11.4 Å². The van der Waals surface area contributed by atoms with Crippen LogP contribution in [0.3, 0.4) is 0 Å². The molecule has 0 atom stereocenters. The smallest absolute Gasteiger partial charge is 0.251 e. The van der Waals surface area contributed by atoms with Crippen LogP contribution in [0.5, 0.6) is 0 Å². The van der Waals surface area contributed by atoms with E-state index in [1.165, 1.54) is 25.0 Å². The van der Waals surface area contributed by atoms with Gasteiger partial charge in [-0.15, -0.1) is 0 Å². The van der Waals surface area contributed by atoms with Gasteiger partial charge < -0.3 is 10.3 Å². The molecule has 0 bridgehead atoms. The summed E-state index contributed by atoms with van der Waals surface area (Å²) in [6.07, 6.45) is 2.42. The third kappa shape index (κ3) is 3.92. The van der Waals surface area contributed by atoms with Crippen molar-refractivity contribution >= 4 is 11.8 Å². The van der Waals surface area contributed by atoms with Crippen molar-refractivity contribution < 1.29 is 4.39 Å². The van der Waals surface area contributed by atoms with Gasteiger partial charge in [-0.2, -0.15) is 0 Å². The van der Waals surface area contributed by atoms with Crippen LogP contribution in [0.15, 0.2) is 39.1 Å². The van der Waals surface area contributed by atoms with E-state index in [0.717, 1.165) is 17.3 Å². The lowest BCUT2D eigenvalue weighted by Crippen LogP contribution is -2.15. The van der Waals surface area contributed by atoms with Crippen molar-refractivity contribution in [1.29, 1.82) is 0 Å². The highest BCUT2D eigenvalue weighted by Gasteiger charge is 2.20. The van der Waals surface area contributed by atoms with Crippen LogP contribution in [0.1, 0.15) is 24.1 Å². The molecule has 0 saturated heterocycles. The van der Waals surface area contributed by atoms with Crippen LogP contribution in [0.4, 0.5) is 4.39 Å². The van der Waals surface area contributed by atoms with Gasteiger partial charge in [-0.05, 0) is 49.2 Å². The first-order valence-corrected chi connectivity index (χ1v) is 7.69. The van der Waals surface area contributed by atoms with Crippen LogP contribution >= 0.6 is 11.8 Å². The largest absolute Gasteiger partial charge is 0.310 e. The third-order valence-electron chi connectivity index (χ3n) is 3.22. The Kier molecular flexibility index (Phi) is 4.07. The third-order valence-corrected chi connectivity index (χ3v) is 4.16. The second kappa shape index (κ2) is 5.99. The second-order valence-corrected chi connectivity index (χ2v) is 6.24. The van der Waals surface area contributed by atoms with Crippen LogP contribution in [0.25, 0.3) is 0 Å². The minimum absolute atomic E-state index is 0.226. The summed E-state index contributed by atoms with van der Waals surface area (Å²) < 4.78 is 14.1.